The van der Waals surface area contributed by atoms with Crippen LogP contribution in [-0.2, 0) is 9.53 Å². The third-order valence-electron chi connectivity index (χ3n) is 5.14. The summed E-state index contributed by atoms with van der Waals surface area (Å²) in [6, 6.07) is 14.3. The molecule has 2 aromatic rings. The Morgan fingerprint density at radius 3 is 2.64 bits per heavy atom. The number of rotatable bonds is 5. The molecule has 0 fully saturated rings. The lowest BCUT2D eigenvalue weighted by Crippen LogP contribution is -2.44. The van der Waals surface area contributed by atoms with Crippen LogP contribution in [0.1, 0.15) is 33.3 Å². The molecule has 1 atom stereocenters. The van der Waals surface area contributed by atoms with Gasteiger partial charge in [-0.15, -0.1) is 0 Å². The molecule has 2 amide bonds. The van der Waals surface area contributed by atoms with Gasteiger partial charge in [0.05, 0.1) is 17.6 Å². The van der Waals surface area contributed by atoms with Crippen LogP contribution in [0.2, 0.25) is 0 Å². The Morgan fingerprint density at radius 2 is 1.97 bits per heavy atom. The van der Waals surface area contributed by atoms with Gasteiger partial charge in [-0.3, -0.25) is 9.69 Å². The van der Waals surface area contributed by atoms with Crippen LogP contribution in [-0.4, -0.2) is 48.1 Å². The molecule has 0 spiro atoms. The van der Waals surface area contributed by atoms with Gasteiger partial charge < -0.3 is 19.9 Å². The van der Waals surface area contributed by atoms with Crippen molar-refractivity contribution in [3.05, 3.63) is 54.1 Å². The van der Waals surface area contributed by atoms with Crippen molar-refractivity contribution in [2.75, 3.05) is 23.4 Å². The van der Waals surface area contributed by atoms with E-state index in [4.69, 9.17) is 15.2 Å². The van der Waals surface area contributed by atoms with Crippen molar-refractivity contribution in [1.29, 1.82) is 0 Å². The lowest BCUT2D eigenvalue weighted by molar-refractivity contribution is -0.148. The van der Waals surface area contributed by atoms with Gasteiger partial charge in [0.2, 0.25) is 5.71 Å². The minimum absolute atomic E-state index is 0.110. The van der Waals surface area contributed by atoms with Crippen LogP contribution >= 0.6 is 0 Å². The zero-order valence-electron chi connectivity index (χ0n) is 19.2. The fraction of sp³-hybridized carbons (Fsp3) is 0.333. The minimum Gasteiger partial charge on any atom is -0.487 e. The van der Waals surface area contributed by atoms with E-state index in [9.17, 15) is 14.7 Å². The zero-order chi connectivity index (χ0) is 24.2. The molecule has 3 rings (SSSR count). The highest BCUT2D eigenvalue weighted by Crippen LogP contribution is 2.34. The number of ether oxygens (including phenoxy) is 2. The van der Waals surface area contributed by atoms with Crippen LogP contribution in [0.3, 0.4) is 0 Å². The Balaban J connectivity index is 1.82. The number of hydrogen-bond donors (Lipinski definition) is 3. The quantitative estimate of drug-likeness (QED) is 0.363. The molecule has 1 heterocycles. The number of hydrogen-bond acceptors (Lipinski definition) is 4. The molecule has 1 aliphatic heterocycles. The Bertz CT molecular complexity index is 1110. The molecular weight excluding hydrogens is 424 g/mol. The molecule has 2 aromatic carbocycles. The number of para-hydroxylation sites is 1. The first-order chi connectivity index (χ1) is 15.6. The Hall–Kier alpha value is -3.97. The number of nitrogens with one attached hydrogen (secondary N) is 1. The number of carbonyl (C=O) groups excluding carboxylic acids is 1. The maximum atomic E-state index is 12.9. The van der Waals surface area contributed by atoms with Gasteiger partial charge in [0.1, 0.15) is 18.5 Å². The van der Waals surface area contributed by atoms with E-state index < -0.39 is 11.4 Å². The van der Waals surface area contributed by atoms with E-state index in [-0.39, 0.29) is 24.8 Å². The van der Waals surface area contributed by atoms with Gasteiger partial charge in [0.25, 0.3) is 0 Å². The van der Waals surface area contributed by atoms with Gasteiger partial charge in [-0.1, -0.05) is 18.2 Å². The highest BCUT2D eigenvalue weighted by molar-refractivity contribution is 6.05. The number of anilines is 2. The van der Waals surface area contributed by atoms with Gasteiger partial charge >= 0.3 is 18.0 Å². The number of aliphatic carboxylic acids is 1. The monoisotopic (exact) mass is 453 g/mol. The molecular formula is C24H29N4O5+. The topological polar surface area (TPSA) is 128 Å². The van der Waals surface area contributed by atoms with Crippen molar-refractivity contribution in [1.82, 2.24) is 4.67 Å². The van der Waals surface area contributed by atoms with Crippen molar-refractivity contribution in [3.63, 3.8) is 0 Å². The number of amides is 2. The van der Waals surface area contributed by atoms with Crippen LogP contribution in [0.25, 0.3) is 0 Å². The number of carboxylic acid groups (broad SMARTS) is 1. The van der Waals surface area contributed by atoms with E-state index in [2.05, 4.69) is 9.98 Å². The number of carbonyl (C=O) groups is 2. The second kappa shape index (κ2) is 9.67. The molecule has 0 aromatic heterocycles. The van der Waals surface area contributed by atoms with Crippen molar-refractivity contribution < 1.29 is 24.2 Å². The fourth-order valence-corrected chi connectivity index (χ4v) is 3.15. The number of nitrogens with two attached hydrogens (primary N) is 1. The van der Waals surface area contributed by atoms with E-state index in [1.807, 2.05) is 43.3 Å². The summed E-state index contributed by atoms with van der Waals surface area (Å²) in [6.45, 7) is 7.03. The van der Waals surface area contributed by atoms with Gasteiger partial charge in [-0.2, -0.15) is 4.67 Å². The van der Waals surface area contributed by atoms with Crippen LogP contribution in [0.15, 0.2) is 48.5 Å². The van der Waals surface area contributed by atoms with Crippen molar-refractivity contribution >= 4 is 35.1 Å². The highest BCUT2D eigenvalue weighted by atomic mass is 16.5. The normalized spacial score (nSPS) is 14.9. The van der Waals surface area contributed by atoms with Crippen molar-refractivity contribution in [2.45, 2.75) is 33.8 Å². The summed E-state index contributed by atoms with van der Waals surface area (Å²) in [6.07, 6.45) is -0.204. The third kappa shape index (κ3) is 5.84. The minimum atomic E-state index is -1.09. The van der Waals surface area contributed by atoms with E-state index in [1.54, 1.807) is 37.8 Å². The highest BCUT2D eigenvalue weighted by Gasteiger charge is 2.30. The number of carboxylic acids is 1. The van der Waals surface area contributed by atoms with Crippen LogP contribution in [0.5, 0.6) is 5.75 Å². The Morgan fingerprint density at radius 1 is 1.27 bits per heavy atom. The molecule has 9 heteroatoms. The van der Waals surface area contributed by atoms with E-state index in [0.717, 1.165) is 5.56 Å². The molecule has 1 aliphatic rings. The Kier molecular flexibility index (Phi) is 6.94. The molecule has 0 aliphatic carbocycles. The van der Waals surface area contributed by atoms with E-state index in [0.29, 0.717) is 29.4 Å². The van der Waals surface area contributed by atoms with Gasteiger partial charge in [0.15, 0.2) is 0 Å². The van der Waals surface area contributed by atoms with Crippen LogP contribution in [0.4, 0.5) is 16.2 Å². The molecule has 9 nitrogen and oxygen atoms in total. The molecule has 0 radical (unpaired) electrons. The summed E-state index contributed by atoms with van der Waals surface area (Å²) >= 11 is 0. The third-order valence-corrected chi connectivity index (χ3v) is 5.14. The largest absolute Gasteiger partial charge is 0.545 e. The molecule has 174 valence electrons. The number of fused-ring (bicyclic) bond motifs is 1. The number of benzene rings is 2. The predicted octanol–water partition coefficient (Wildman–Crippen LogP) is 2.82. The number of nitrogens with zero attached hydrogens (tertiary/aromatic N) is 2. The number of urea groups is 1. The van der Waals surface area contributed by atoms with Crippen molar-refractivity contribution in [3.8, 4) is 5.75 Å². The summed E-state index contributed by atoms with van der Waals surface area (Å²) in [4.78, 5) is 25.7. The van der Waals surface area contributed by atoms with Gasteiger partial charge in [-0.25, -0.2) is 10.5 Å². The average molecular weight is 454 g/mol. The first-order valence-corrected chi connectivity index (χ1v) is 10.6. The zero-order valence-corrected chi connectivity index (χ0v) is 19.2. The van der Waals surface area contributed by atoms with Gasteiger partial charge in [-0.05, 0) is 51.1 Å². The van der Waals surface area contributed by atoms with Gasteiger partial charge in [0, 0.05) is 18.2 Å². The molecule has 1 unspecified atom stereocenters. The second-order valence-electron chi connectivity index (χ2n) is 8.53. The van der Waals surface area contributed by atoms with E-state index >= 15 is 0 Å². The standard InChI is InChI=1S/C24H28N4O5/c1-15-13-28(23(31)27-18-8-6-5-7-9-18)19-11-10-17(12-20(19)33-15)16(2)26-22(25)32-14-24(3,4)21(29)30/h5-12,15,25H,13-14H2,1-4H3,(H2,27,29,30,31)/p+1. The first kappa shape index (κ1) is 23.7. The molecule has 0 bridgehead atoms. The van der Waals surface area contributed by atoms with E-state index in [1.165, 1.54) is 0 Å². The van der Waals surface area contributed by atoms with Crippen LogP contribution in [0, 0.1) is 5.41 Å². The summed E-state index contributed by atoms with van der Waals surface area (Å²) in [5.74, 6) is -0.437. The maximum Gasteiger partial charge on any atom is 0.545 e. The van der Waals surface area contributed by atoms with Crippen molar-refractivity contribution in [2.24, 2.45) is 11.1 Å². The Labute approximate surface area is 192 Å². The lowest BCUT2D eigenvalue weighted by Gasteiger charge is -2.33. The predicted molar refractivity (Wildman–Crippen MR) is 128 cm³/mol. The molecule has 0 saturated carbocycles. The molecule has 0 saturated heterocycles. The number of amidine groups is 1. The molecule has 33 heavy (non-hydrogen) atoms. The summed E-state index contributed by atoms with van der Waals surface area (Å²) in [5, 5.41) is 12.1. The average Bonchev–Trinajstić information content (AvgIpc) is 2.77. The lowest BCUT2D eigenvalue weighted by atomic mass is 9.95. The summed E-state index contributed by atoms with van der Waals surface area (Å²) in [7, 11) is 0. The smallest absolute Gasteiger partial charge is 0.487 e. The fourth-order valence-electron chi connectivity index (χ4n) is 3.15. The summed E-state index contributed by atoms with van der Waals surface area (Å²) < 4.78 is 15.5. The SMILES string of the molecule is CC(=[N+]=C(N)OCC(C)(C)C(=O)O)c1ccc2c(c1)OC(C)CN2C(=O)Nc1ccccc1. The van der Waals surface area contributed by atoms with Crippen LogP contribution < -0.4 is 25.4 Å². The maximum absolute atomic E-state index is 12.9. The summed E-state index contributed by atoms with van der Waals surface area (Å²) in [5.41, 5.74) is 7.39. The first-order valence-electron chi connectivity index (χ1n) is 10.6. The second-order valence-corrected chi connectivity index (χ2v) is 8.53. The molecule has 4 N–H and O–H groups in total.